The van der Waals surface area contributed by atoms with Crippen molar-refractivity contribution >= 4 is 47.1 Å². The minimum atomic E-state index is 0.00486. The topological polar surface area (TPSA) is 0 Å². The van der Waals surface area contributed by atoms with Gasteiger partial charge in [0.25, 0.3) is 0 Å². The average Bonchev–Trinajstić information content (AvgIpc) is 3.40. The first kappa shape index (κ1) is 30.0. The third kappa shape index (κ3) is 4.64. The van der Waals surface area contributed by atoms with Gasteiger partial charge in [0, 0.05) is 11.3 Å². The summed E-state index contributed by atoms with van der Waals surface area (Å²) in [6.07, 6.45) is 35.7. The minimum absolute atomic E-state index is 0.00486. The molecule has 0 radical (unpaired) electrons. The van der Waals surface area contributed by atoms with E-state index in [2.05, 4.69) is 129 Å². The van der Waals surface area contributed by atoms with Crippen LogP contribution in [-0.2, 0) is 5.41 Å². The zero-order valence-electron chi connectivity index (χ0n) is 30.1. The minimum Gasteiger partial charge on any atom is -0.0763 e. The molecule has 0 spiro atoms. The number of hydrogen-bond acceptors (Lipinski definition) is 0. The van der Waals surface area contributed by atoms with Crippen molar-refractivity contribution in [3.8, 4) is 0 Å². The molecule has 8 aliphatic rings. The molecule has 0 saturated carbocycles. The van der Waals surface area contributed by atoms with Crippen molar-refractivity contribution in [3.63, 3.8) is 0 Å². The van der Waals surface area contributed by atoms with Gasteiger partial charge in [0.2, 0.25) is 0 Å². The molecule has 0 saturated heterocycles. The van der Waals surface area contributed by atoms with E-state index in [9.17, 15) is 0 Å². The SMILES string of the molecule is CC1(C)C2=C(CCC(C3=CC=C4C=c5ccc6c(c5=CC4C3)=CCCC=6)=C2)c2ccc(C3=CC4=CC5=c6ccccc6=CCC5CC4CC3)cc21. The van der Waals surface area contributed by atoms with Gasteiger partial charge in [-0.05, 0) is 168 Å². The molecule has 51 heavy (non-hydrogen) atoms. The molecule has 0 heterocycles. The fourth-order valence-electron chi connectivity index (χ4n) is 11.0. The summed E-state index contributed by atoms with van der Waals surface area (Å²) >= 11 is 0. The van der Waals surface area contributed by atoms with Crippen molar-refractivity contribution in [2.45, 2.75) is 77.0 Å². The molecule has 0 bridgehead atoms. The lowest BCUT2D eigenvalue weighted by Gasteiger charge is -2.35. The first-order valence-corrected chi connectivity index (χ1v) is 19.7. The maximum atomic E-state index is 2.61. The van der Waals surface area contributed by atoms with Crippen LogP contribution in [0.5, 0.6) is 0 Å². The number of hydrogen-bond donors (Lipinski definition) is 0. The summed E-state index contributed by atoms with van der Waals surface area (Å²) in [5.74, 6) is 1.84. The molecule has 3 unspecified atom stereocenters. The molecule has 250 valence electrons. The smallest absolute Gasteiger partial charge is 0.0155 e. The molecule has 0 aliphatic heterocycles. The normalized spacial score (nSPS) is 26.0. The van der Waals surface area contributed by atoms with Gasteiger partial charge in [-0.2, -0.15) is 0 Å². The first-order chi connectivity index (χ1) is 25.0. The van der Waals surface area contributed by atoms with Crippen molar-refractivity contribution in [2.24, 2.45) is 17.8 Å². The molecule has 0 aromatic heterocycles. The Morgan fingerprint density at radius 1 is 0.667 bits per heavy atom. The Hall–Kier alpha value is -4.68. The van der Waals surface area contributed by atoms with E-state index in [0.717, 1.165) is 32.1 Å². The number of benzene rings is 3. The van der Waals surface area contributed by atoms with Gasteiger partial charge >= 0.3 is 0 Å². The third-order valence-electron chi connectivity index (χ3n) is 13.8. The van der Waals surface area contributed by atoms with Crippen molar-refractivity contribution < 1.29 is 0 Å². The van der Waals surface area contributed by atoms with Gasteiger partial charge in [-0.3, -0.25) is 0 Å². The lowest BCUT2D eigenvalue weighted by molar-refractivity contribution is 0.445. The van der Waals surface area contributed by atoms with Crippen LogP contribution in [-0.4, -0.2) is 0 Å². The van der Waals surface area contributed by atoms with Gasteiger partial charge in [-0.25, -0.2) is 0 Å². The van der Waals surface area contributed by atoms with E-state index in [-0.39, 0.29) is 5.41 Å². The molecule has 0 nitrogen and oxygen atoms in total. The second kappa shape index (κ2) is 11.2. The lowest BCUT2D eigenvalue weighted by Crippen LogP contribution is -2.50. The van der Waals surface area contributed by atoms with E-state index in [4.69, 9.17) is 0 Å². The predicted molar refractivity (Wildman–Crippen MR) is 215 cm³/mol. The van der Waals surface area contributed by atoms with Gasteiger partial charge in [-0.15, -0.1) is 0 Å². The Labute approximate surface area is 301 Å². The zero-order valence-corrected chi connectivity index (χ0v) is 30.1. The zero-order chi connectivity index (χ0) is 33.8. The number of allylic oxidation sites excluding steroid dienone is 12. The highest BCUT2D eigenvalue weighted by Gasteiger charge is 2.39. The molecule has 0 fully saturated rings. The standard InChI is InChI=1S/C51H46/c1-51(2)49-29-37(33-13-15-35-23-39-17-11-31-7-3-5-9-43(31)47(39)27-41(35)25-33)19-21-45(49)46-22-20-38(30-50(46)51)34-14-16-36-24-40-18-12-32-8-4-6-10-44(32)48(40)28-42(36)26-34/h3,5,7-12,14,16,18-19,21,24-25,27-30,35,39,42H,4,6,13,15,17,20,22-23,26H2,1-2H3. The number of fused-ring (bicyclic) bond motifs is 9. The van der Waals surface area contributed by atoms with Crippen LogP contribution in [0.3, 0.4) is 0 Å². The Kier molecular flexibility index (Phi) is 6.56. The van der Waals surface area contributed by atoms with Gasteiger partial charge in [0.05, 0.1) is 0 Å². The molecule has 0 N–H and O–H groups in total. The fraction of sp³-hybridized carbons (Fsp3) is 0.294. The van der Waals surface area contributed by atoms with E-state index in [1.165, 1.54) is 90.4 Å². The van der Waals surface area contributed by atoms with E-state index >= 15 is 0 Å². The maximum Gasteiger partial charge on any atom is 0.0155 e. The molecular weight excluding hydrogens is 613 g/mol. The third-order valence-corrected chi connectivity index (χ3v) is 13.8. The highest BCUT2D eigenvalue weighted by atomic mass is 14.4. The van der Waals surface area contributed by atoms with Crippen molar-refractivity contribution in [1.29, 1.82) is 0 Å². The van der Waals surface area contributed by atoms with Gasteiger partial charge in [-0.1, -0.05) is 123 Å². The summed E-state index contributed by atoms with van der Waals surface area (Å²) in [7, 11) is 0. The predicted octanol–water partition coefficient (Wildman–Crippen LogP) is 7.73. The summed E-state index contributed by atoms with van der Waals surface area (Å²) in [4.78, 5) is 0. The van der Waals surface area contributed by atoms with Crippen LogP contribution in [0, 0.1) is 17.8 Å². The van der Waals surface area contributed by atoms with Crippen LogP contribution >= 0.6 is 0 Å². The molecule has 8 aliphatic carbocycles. The summed E-state index contributed by atoms with van der Waals surface area (Å²) in [6.45, 7) is 4.96. The number of rotatable bonds is 2. The largest absolute Gasteiger partial charge is 0.0763 e. The average molecular weight is 659 g/mol. The summed E-state index contributed by atoms with van der Waals surface area (Å²) < 4.78 is 0. The molecule has 11 rings (SSSR count). The van der Waals surface area contributed by atoms with Gasteiger partial charge in [0.15, 0.2) is 0 Å². The molecule has 3 aromatic rings. The molecule has 0 heteroatoms. The summed E-state index contributed by atoms with van der Waals surface area (Å²) in [5.41, 5.74) is 16.8. The Morgan fingerprint density at radius 3 is 2.53 bits per heavy atom. The van der Waals surface area contributed by atoms with Gasteiger partial charge in [0.1, 0.15) is 0 Å². The lowest BCUT2D eigenvalue weighted by atomic mass is 9.69. The maximum absolute atomic E-state index is 2.61. The second-order valence-electron chi connectivity index (χ2n) is 16.9. The van der Waals surface area contributed by atoms with Crippen LogP contribution in [0.15, 0.2) is 113 Å². The summed E-state index contributed by atoms with van der Waals surface area (Å²) in [6, 6.07) is 21.2. The quantitative estimate of drug-likeness (QED) is 0.265. The van der Waals surface area contributed by atoms with E-state index in [0.29, 0.717) is 17.8 Å². The monoisotopic (exact) mass is 658 g/mol. The molecule has 0 amide bonds. The van der Waals surface area contributed by atoms with E-state index < -0.39 is 0 Å². The van der Waals surface area contributed by atoms with Crippen LogP contribution in [0.4, 0.5) is 0 Å². The molecule has 3 atom stereocenters. The Bertz CT molecular complexity index is 2690. The highest BCUT2D eigenvalue weighted by Crippen LogP contribution is 2.53. The van der Waals surface area contributed by atoms with Gasteiger partial charge < -0.3 is 0 Å². The Morgan fingerprint density at radius 2 is 1.57 bits per heavy atom. The highest BCUT2D eigenvalue weighted by molar-refractivity contribution is 5.86. The molecular formula is C51H46. The fourth-order valence-corrected chi connectivity index (χ4v) is 11.0. The van der Waals surface area contributed by atoms with Crippen LogP contribution in [0.1, 0.15) is 88.3 Å². The van der Waals surface area contributed by atoms with Crippen LogP contribution < -0.4 is 31.3 Å². The molecule has 3 aromatic carbocycles. The second-order valence-corrected chi connectivity index (χ2v) is 16.9. The summed E-state index contributed by atoms with van der Waals surface area (Å²) in [5, 5.41) is 8.60. The van der Waals surface area contributed by atoms with Crippen molar-refractivity contribution in [1.82, 2.24) is 0 Å². The first-order valence-electron chi connectivity index (χ1n) is 19.7. The Balaban J connectivity index is 0.909. The van der Waals surface area contributed by atoms with E-state index in [1.807, 2.05) is 0 Å². The van der Waals surface area contributed by atoms with Crippen molar-refractivity contribution in [2.75, 3.05) is 0 Å². The van der Waals surface area contributed by atoms with Crippen LogP contribution in [0.25, 0.3) is 47.1 Å². The van der Waals surface area contributed by atoms with Crippen LogP contribution in [0.2, 0.25) is 0 Å². The van der Waals surface area contributed by atoms with E-state index in [1.54, 1.807) is 27.9 Å². The van der Waals surface area contributed by atoms with Crippen molar-refractivity contribution in [3.05, 3.63) is 161 Å².